The first-order valence-electron chi connectivity index (χ1n) is 2.64. The van der Waals surface area contributed by atoms with Crippen molar-refractivity contribution in [2.45, 2.75) is 19.6 Å². The van der Waals surface area contributed by atoms with Crippen molar-refractivity contribution in [2.75, 3.05) is 5.88 Å². The Labute approximate surface area is 58.4 Å². The van der Waals surface area contributed by atoms with Gasteiger partial charge in [-0.25, -0.2) is 4.39 Å². The van der Waals surface area contributed by atoms with Crippen molar-refractivity contribution < 1.29 is 9.18 Å². The molecule has 0 aromatic rings. The summed E-state index contributed by atoms with van der Waals surface area (Å²) in [5, 5.41) is 2.05. The molecule has 1 N–H and O–H groups in total. The second-order valence-electron chi connectivity index (χ2n) is 1.65. The molecule has 0 spiro atoms. The zero-order valence-corrected chi connectivity index (χ0v) is 5.91. The Hall–Kier alpha value is -0.310. The zero-order valence-electron chi connectivity index (χ0n) is 5.16. The first-order chi connectivity index (χ1) is 4.16. The lowest BCUT2D eigenvalue weighted by Crippen LogP contribution is -2.29. The molecule has 0 bridgehead atoms. The third-order valence-electron chi connectivity index (χ3n) is 0.722. The normalized spacial score (nSPS) is 12.8. The Balaban J connectivity index is 3.26. The maximum atomic E-state index is 12.2. The van der Waals surface area contributed by atoms with Crippen LogP contribution >= 0.6 is 11.6 Å². The minimum atomic E-state index is -1.29. The number of amides is 1. The molecule has 0 saturated carbocycles. The minimum Gasteiger partial charge on any atom is -0.327 e. The van der Waals surface area contributed by atoms with E-state index in [1.165, 1.54) is 6.92 Å². The van der Waals surface area contributed by atoms with Gasteiger partial charge in [0.05, 0.1) is 0 Å². The smallest absolute Gasteiger partial charge is 0.219 e. The number of carbonyl (C=O) groups excluding carboxylic acids is 1. The molecule has 0 radical (unpaired) electrons. The molecule has 2 nitrogen and oxygen atoms in total. The summed E-state index contributed by atoms with van der Waals surface area (Å²) in [5.74, 6) is -0.144. The molecule has 0 aliphatic carbocycles. The van der Waals surface area contributed by atoms with Crippen molar-refractivity contribution in [3.63, 3.8) is 0 Å². The van der Waals surface area contributed by atoms with Crippen molar-refractivity contribution >= 4 is 17.5 Å². The van der Waals surface area contributed by atoms with Crippen LogP contribution < -0.4 is 5.32 Å². The van der Waals surface area contributed by atoms with E-state index < -0.39 is 6.30 Å². The molecule has 0 saturated heterocycles. The van der Waals surface area contributed by atoms with Crippen LogP contribution in [0, 0.1) is 0 Å². The summed E-state index contributed by atoms with van der Waals surface area (Å²) in [6.45, 7) is 1.26. The van der Waals surface area contributed by atoms with Gasteiger partial charge in [-0.1, -0.05) is 0 Å². The molecule has 54 valence electrons. The summed E-state index contributed by atoms with van der Waals surface area (Å²) in [7, 11) is 0. The van der Waals surface area contributed by atoms with Crippen molar-refractivity contribution in [2.24, 2.45) is 0 Å². The fraction of sp³-hybridized carbons (Fsp3) is 0.800. The zero-order chi connectivity index (χ0) is 7.28. The highest BCUT2D eigenvalue weighted by Gasteiger charge is 2.04. The van der Waals surface area contributed by atoms with Gasteiger partial charge in [-0.15, -0.1) is 11.6 Å². The van der Waals surface area contributed by atoms with Gasteiger partial charge in [0.15, 0.2) is 6.30 Å². The lowest BCUT2D eigenvalue weighted by Gasteiger charge is -2.04. The molecule has 4 heteroatoms. The largest absolute Gasteiger partial charge is 0.327 e. The number of hydrogen-bond acceptors (Lipinski definition) is 1. The van der Waals surface area contributed by atoms with Gasteiger partial charge in [0, 0.05) is 19.2 Å². The summed E-state index contributed by atoms with van der Waals surface area (Å²) in [5.41, 5.74) is 0. The second-order valence-corrected chi connectivity index (χ2v) is 2.02. The van der Waals surface area contributed by atoms with Crippen LogP contribution in [-0.2, 0) is 4.79 Å². The molecule has 9 heavy (non-hydrogen) atoms. The second kappa shape index (κ2) is 4.56. The van der Waals surface area contributed by atoms with Crippen molar-refractivity contribution in [3.05, 3.63) is 0 Å². The average Bonchev–Trinajstić information content (AvgIpc) is 1.63. The Morgan fingerprint density at radius 1 is 1.89 bits per heavy atom. The number of hydrogen-bond donors (Lipinski definition) is 1. The molecule has 0 aliphatic heterocycles. The first kappa shape index (κ1) is 8.69. The number of alkyl halides is 2. The van der Waals surface area contributed by atoms with Crippen LogP contribution in [0.25, 0.3) is 0 Å². The third-order valence-corrected chi connectivity index (χ3v) is 0.941. The van der Waals surface area contributed by atoms with Gasteiger partial charge < -0.3 is 5.32 Å². The maximum Gasteiger partial charge on any atom is 0.219 e. The number of carbonyl (C=O) groups is 1. The van der Waals surface area contributed by atoms with E-state index in [1.54, 1.807) is 0 Å². The molecule has 0 aromatic carbocycles. The Bertz CT molecular complexity index is 99.0. The van der Waals surface area contributed by atoms with Gasteiger partial charge in [-0.3, -0.25) is 4.79 Å². The van der Waals surface area contributed by atoms with E-state index in [4.69, 9.17) is 11.6 Å². The van der Waals surface area contributed by atoms with E-state index in [1.807, 2.05) is 0 Å². The van der Waals surface area contributed by atoms with Crippen LogP contribution in [0.15, 0.2) is 0 Å². The monoisotopic (exact) mass is 153 g/mol. The van der Waals surface area contributed by atoms with E-state index in [9.17, 15) is 9.18 Å². The van der Waals surface area contributed by atoms with Gasteiger partial charge in [0.1, 0.15) is 0 Å². The standard InChI is InChI=1S/C5H9ClFNO/c1-4(9)8-5(7)2-3-6/h5H,2-3H2,1H3,(H,8,9). The topological polar surface area (TPSA) is 29.1 Å². The lowest BCUT2D eigenvalue weighted by atomic mass is 10.4. The quantitative estimate of drug-likeness (QED) is 0.477. The predicted octanol–water partition coefficient (Wildman–Crippen LogP) is 1.05. The molecule has 0 aromatic heterocycles. The van der Waals surface area contributed by atoms with Crippen molar-refractivity contribution in [3.8, 4) is 0 Å². The number of nitrogens with one attached hydrogen (secondary N) is 1. The predicted molar refractivity (Wildman–Crippen MR) is 34.0 cm³/mol. The Kier molecular flexibility index (Phi) is 4.40. The van der Waals surface area contributed by atoms with E-state index in [0.29, 0.717) is 0 Å². The van der Waals surface area contributed by atoms with Crippen LogP contribution in [0.3, 0.4) is 0 Å². The van der Waals surface area contributed by atoms with Gasteiger partial charge in [0.25, 0.3) is 0 Å². The highest BCUT2D eigenvalue weighted by molar-refractivity contribution is 6.17. The molecule has 0 aliphatic rings. The summed E-state index contributed by atoms with van der Waals surface area (Å²) >= 11 is 5.19. The maximum absolute atomic E-state index is 12.2. The summed E-state index contributed by atoms with van der Waals surface area (Å²) in [4.78, 5) is 10.1. The lowest BCUT2D eigenvalue weighted by molar-refractivity contribution is -0.120. The first-order valence-corrected chi connectivity index (χ1v) is 3.17. The van der Waals surface area contributed by atoms with Gasteiger partial charge in [-0.2, -0.15) is 0 Å². The van der Waals surface area contributed by atoms with Crippen LogP contribution in [0.4, 0.5) is 4.39 Å². The SMILES string of the molecule is CC(=O)NC(F)CCCl. The molecular weight excluding hydrogens is 145 g/mol. The summed E-state index contributed by atoms with van der Waals surface area (Å²) in [6.07, 6.45) is -1.12. The van der Waals surface area contributed by atoms with E-state index in [2.05, 4.69) is 5.32 Å². The minimum absolute atomic E-state index is 0.168. The van der Waals surface area contributed by atoms with Crippen LogP contribution in [-0.4, -0.2) is 18.1 Å². The average molecular weight is 154 g/mol. The Morgan fingerprint density at radius 2 is 2.44 bits per heavy atom. The van der Waals surface area contributed by atoms with Crippen LogP contribution in [0.5, 0.6) is 0 Å². The van der Waals surface area contributed by atoms with E-state index >= 15 is 0 Å². The fourth-order valence-corrected chi connectivity index (χ4v) is 0.580. The molecular formula is C5H9ClFNO. The fourth-order valence-electron chi connectivity index (χ4n) is 0.389. The molecule has 1 unspecified atom stereocenters. The number of rotatable bonds is 3. The van der Waals surface area contributed by atoms with Gasteiger partial charge in [-0.05, 0) is 0 Å². The molecule has 1 amide bonds. The molecule has 0 fully saturated rings. The van der Waals surface area contributed by atoms with Gasteiger partial charge >= 0.3 is 0 Å². The van der Waals surface area contributed by atoms with Crippen LogP contribution in [0.1, 0.15) is 13.3 Å². The van der Waals surface area contributed by atoms with Crippen molar-refractivity contribution in [1.82, 2.24) is 5.32 Å². The highest BCUT2D eigenvalue weighted by atomic mass is 35.5. The van der Waals surface area contributed by atoms with Gasteiger partial charge in [0.2, 0.25) is 5.91 Å². The Morgan fingerprint density at radius 3 is 2.78 bits per heavy atom. The molecule has 0 rings (SSSR count). The molecule has 1 atom stereocenters. The molecule has 0 heterocycles. The summed E-state index contributed by atoms with van der Waals surface area (Å²) in [6, 6.07) is 0. The van der Waals surface area contributed by atoms with Crippen LogP contribution in [0.2, 0.25) is 0 Å². The van der Waals surface area contributed by atoms with E-state index in [0.717, 1.165) is 0 Å². The summed E-state index contributed by atoms with van der Waals surface area (Å²) < 4.78 is 12.2. The third kappa shape index (κ3) is 5.56. The number of halogens is 2. The highest BCUT2D eigenvalue weighted by Crippen LogP contribution is 1.94. The van der Waals surface area contributed by atoms with Crippen molar-refractivity contribution in [1.29, 1.82) is 0 Å². The van der Waals surface area contributed by atoms with E-state index in [-0.39, 0.29) is 18.2 Å².